The molecule has 2 aromatic rings. The molecular formula is C17H20N2O5S. The molecule has 25 heavy (non-hydrogen) atoms. The number of carbonyl (C=O) groups excluding carboxylic acids is 1. The molecule has 1 N–H and O–H groups in total. The minimum atomic E-state index is -4.19. The Morgan fingerprint density at radius 3 is 2.36 bits per heavy atom. The van der Waals surface area contributed by atoms with E-state index in [4.69, 9.17) is 4.74 Å². The van der Waals surface area contributed by atoms with Gasteiger partial charge in [-0.25, -0.2) is 13.0 Å². The maximum absolute atomic E-state index is 11.0. The van der Waals surface area contributed by atoms with E-state index in [1.54, 1.807) is 36.4 Å². The van der Waals surface area contributed by atoms with Gasteiger partial charge in [-0.2, -0.15) is 0 Å². The van der Waals surface area contributed by atoms with Crippen LogP contribution in [0.15, 0.2) is 48.8 Å². The van der Waals surface area contributed by atoms with Gasteiger partial charge in [0, 0.05) is 30.5 Å². The number of aryl methyl sites for hydroxylation is 1. The first kappa shape index (κ1) is 18.9. The van der Waals surface area contributed by atoms with Gasteiger partial charge in [0.1, 0.15) is 12.4 Å². The maximum atomic E-state index is 11.0. The van der Waals surface area contributed by atoms with Crippen LogP contribution >= 0.6 is 0 Å². The Hall–Kier alpha value is -2.45. The van der Waals surface area contributed by atoms with Gasteiger partial charge < -0.3 is 14.6 Å². The molecule has 0 bridgehead atoms. The van der Waals surface area contributed by atoms with Crippen molar-refractivity contribution in [2.75, 3.05) is 17.7 Å². The largest absolute Gasteiger partial charge is 0.748 e. The average Bonchev–Trinajstić information content (AvgIpc) is 2.54. The molecule has 0 unspecified atom stereocenters. The van der Waals surface area contributed by atoms with Crippen molar-refractivity contribution in [3.05, 3.63) is 54.4 Å². The van der Waals surface area contributed by atoms with Crippen LogP contribution in [0.4, 0.5) is 5.69 Å². The number of hydrogen-bond acceptors (Lipinski definition) is 5. The monoisotopic (exact) mass is 364 g/mol. The molecular weight excluding hydrogens is 344 g/mol. The van der Waals surface area contributed by atoms with Crippen LogP contribution in [0.5, 0.6) is 5.75 Å². The summed E-state index contributed by atoms with van der Waals surface area (Å²) in [5.41, 5.74) is 1.51. The Morgan fingerprint density at radius 2 is 1.80 bits per heavy atom. The Labute approximate surface area is 147 Å². The third kappa shape index (κ3) is 7.32. The summed E-state index contributed by atoms with van der Waals surface area (Å²) in [6, 6.07) is 10.7. The molecule has 0 aliphatic carbocycles. The first-order valence-electron chi connectivity index (χ1n) is 7.74. The summed E-state index contributed by atoms with van der Waals surface area (Å²) in [6.07, 6.45) is 3.84. The second-order valence-electron chi connectivity index (χ2n) is 5.51. The van der Waals surface area contributed by atoms with Crippen molar-refractivity contribution < 1.29 is 27.1 Å². The van der Waals surface area contributed by atoms with E-state index in [1.807, 2.05) is 17.0 Å². The van der Waals surface area contributed by atoms with Crippen molar-refractivity contribution in [3.63, 3.8) is 0 Å². The number of nitrogens with zero attached hydrogens (tertiary/aromatic N) is 1. The lowest BCUT2D eigenvalue weighted by molar-refractivity contribution is -0.697. The van der Waals surface area contributed by atoms with E-state index in [0.717, 1.165) is 5.56 Å². The minimum Gasteiger partial charge on any atom is -0.748 e. The molecule has 0 radical (unpaired) electrons. The molecule has 0 saturated heterocycles. The standard InChI is InChI=1S/C17H20N2O5S/c1-14(20)18-16-2-4-17(5-3-16)24-12-11-19-9-6-15(7-10-19)8-13-25(21,22)23/h2-7,9-10H,8,11-13H2,1H3,(H-,18,20,21,22,23). The van der Waals surface area contributed by atoms with E-state index in [0.29, 0.717) is 24.6 Å². The van der Waals surface area contributed by atoms with Crippen LogP contribution in [0, 0.1) is 0 Å². The third-order valence-electron chi connectivity index (χ3n) is 3.39. The highest BCUT2D eigenvalue weighted by molar-refractivity contribution is 7.85. The second kappa shape index (κ2) is 8.59. The first-order valence-corrected chi connectivity index (χ1v) is 9.31. The van der Waals surface area contributed by atoms with Gasteiger partial charge in [-0.15, -0.1) is 0 Å². The number of rotatable bonds is 8. The fourth-order valence-corrected chi connectivity index (χ4v) is 2.64. The number of anilines is 1. The molecule has 0 spiro atoms. The number of aromatic nitrogens is 1. The molecule has 1 heterocycles. The van der Waals surface area contributed by atoms with Gasteiger partial charge in [-0.3, -0.25) is 4.79 Å². The second-order valence-corrected chi connectivity index (χ2v) is 7.03. The molecule has 8 heteroatoms. The van der Waals surface area contributed by atoms with Gasteiger partial charge in [-0.1, -0.05) is 0 Å². The third-order valence-corrected chi connectivity index (χ3v) is 4.10. The molecule has 0 aliphatic heterocycles. The van der Waals surface area contributed by atoms with Gasteiger partial charge in [0.2, 0.25) is 5.91 Å². The molecule has 0 fully saturated rings. The summed E-state index contributed by atoms with van der Waals surface area (Å²) in [5.74, 6) is 0.183. The van der Waals surface area contributed by atoms with E-state index in [9.17, 15) is 17.8 Å². The van der Waals surface area contributed by atoms with Gasteiger partial charge in [0.25, 0.3) is 0 Å². The Kier molecular flexibility index (Phi) is 6.49. The quantitative estimate of drug-likeness (QED) is 0.558. The van der Waals surface area contributed by atoms with Crippen LogP contribution in [0.1, 0.15) is 12.5 Å². The van der Waals surface area contributed by atoms with Crippen LogP contribution in [-0.2, 0) is 27.9 Å². The van der Waals surface area contributed by atoms with Crippen molar-refractivity contribution in [2.24, 2.45) is 0 Å². The van der Waals surface area contributed by atoms with E-state index in [-0.39, 0.29) is 12.3 Å². The minimum absolute atomic E-state index is 0.124. The van der Waals surface area contributed by atoms with E-state index in [2.05, 4.69) is 5.32 Å². The van der Waals surface area contributed by atoms with E-state index >= 15 is 0 Å². The molecule has 1 aromatic carbocycles. The fourth-order valence-electron chi connectivity index (χ4n) is 2.15. The molecule has 0 aliphatic rings. The Balaban J connectivity index is 1.78. The summed E-state index contributed by atoms with van der Waals surface area (Å²) in [6.45, 7) is 2.53. The smallest absolute Gasteiger partial charge is 0.221 e. The molecule has 0 saturated carbocycles. The Bertz CT molecular complexity index is 802. The van der Waals surface area contributed by atoms with Crippen molar-refractivity contribution >= 4 is 21.7 Å². The summed E-state index contributed by atoms with van der Waals surface area (Å²) < 4.78 is 39.4. The molecule has 134 valence electrons. The van der Waals surface area contributed by atoms with E-state index in [1.165, 1.54) is 6.92 Å². The first-order chi connectivity index (χ1) is 11.8. The highest BCUT2D eigenvalue weighted by atomic mass is 32.2. The van der Waals surface area contributed by atoms with Crippen LogP contribution in [0.3, 0.4) is 0 Å². The van der Waals surface area contributed by atoms with Crippen molar-refractivity contribution in [1.82, 2.24) is 0 Å². The van der Waals surface area contributed by atoms with Gasteiger partial charge in [-0.05, 0) is 36.2 Å². The van der Waals surface area contributed by atoms with Gasteiger partial charge in [0.15, 0.2) is 18.9 Å². The lowest BCUT2D eigenvalue weighted by Crippen LogP contribution is -2.35. The number of pyridine rings is 1. The lowest BCUT2D eigenvalue weighted by atomic mass is 10.2. The van der Waals surface area contributed by atoms with Crippen LogP contribution in [0.2, 0.25) is 0 Å². The van der Waals surface area contributed by atoms with Gasteiger partial charge in [0.05, 0.1) is 10.1 Å². The van der Waals surface area contributed by atoms with Crippen molar-refractivity contribution in [2.45, 2.75) is 19.9 Å². The Morgan fingerprint density at radius 1 is 1.16 bits per heavy atom. The number of hydrogen-bond donors (Lipinski definition) is 1. The predicted octanol–water partition coefficient (Wildman–Crippen LogP) is 1.10. The van der Waals surface area contributed by atoms with Crippen molar-refractivity contribution in [1.29, 1.82) is 0 Å². The van der Waals surface area contributed by atoms with Crippen LogP contribution < -0.4 is 14.6 Å². The summed E-state index contributed by atoms with van der Waals surface area (Å²) in [5, 5.41) is 2.68. The lowest BCUT2D eigenvalue weighted by Gasteiger charge is -2.07. The number of carbonyl (C=O) groups is 1. The molecule has 2 rings (SSSR count). The molecule has 1 amide bonds. The summed E-state index contributed by atoms with van der Waals surface area (Å²) >= 11 is 0. The van der Waals surface area contributed by atoms with Crippen LogP contribution in [-0.4, -0.2) is 31.2 Å². The number of benzene rings is 1. The van der Waals surface area contributed by atoms with Gasteiger partial charge >= 0.3 is 0 Å². The van der Waals surface area contributed by atoms with E-state index < -0.39 is 15.9 Å². The number of ether oxygens (including phenoxy) is 1. The maximum Gasteiger partial charge on any atom is 0.221 e. The molecule has 1 aromatic heterocycles. The highest BCUT2D eigenvalue weighted by Crippen LogP contribution is 2.15. The van der Waals surface area contributed by atoms with Crippen LogP contribution in [0.25, 0.3) is 0 Å². The summed E-state index contributed by atoms with van der Waals surface area (Å²) in [4.78, 5) is 11.0. The highest BCUT2D eigenvalue weighted by Gasteiger charge is 2.04. The topological polar surface area (TPSA) is 99.4 Å². The normalized spacial score (nSPS) is 11.1. The zero-order chi connectivity index (χ0) is 18.3. The number of nitrogens with one attached hydrogen (secondary N) is 1. The molecule has 7 nitrogen and oxygen atoms in total. The molecule has 0 atom stereocenters. The predicted molar refractivity (Wildman–Crippen MR) is 91.1 cm³/mol. The summed E-state index contributed by atoms with van der Waals surface area (Å²) in [7, 11) is -4.19. The zero-order valence-corrected chi connectivity index (χ0v) is 14.7. The zero-order valence-electron chi connectivity index (χ0n) is 13.8. The van der Waals surface area contributed by atoms with Crippen molar-refractivity contribution in [3.8, 4) is 5.75 Å². The fraction of sp³-hybridized carbons (Fsp3) is 0.294. The SMILES string of the molecule is CC(=O)Nc1ccc(OCC[n+]2ccc(CCS(=O)(=O)[O-])cc2)cc1. The average molecular weight is 364 g/mol. The number of amides is 1.